The first-order chi connectivity index (χ1) is 14.4. The van der Waals surface area contributed by atoms with Gasteiger partial charge in [-0.2, -0.15) is 0 Å². The maximum atomic E-state index is 13.4. The van der Waals surface area contributed by atoms with Crippen molar-refractivity contribution in [3.8, 4) is 0 Å². The third kappa shape index (κ3) is 3.72. The van der Waals surface area contributed by atoms with Gasteiger partial charge in [0.15, 0.2) is 5.78 Å². The number of hydrogen-bond donors (Lipinski definition) is 1. The fourth-order valence-electron chi connectivity index (χ4n) is 4.47. The van der Waals surface area contributed by atoms with E-state index in [2.05, 4.69) is 21.2 Å². The molecule has 1 aliphatic carbocycles. The van der Waals surface area contributed by atoms with Crippen LogP contribution < -0.4 is 5.32 Å². The van der Waals surface area contributed by atoms with Crippen LogP contribution in [0.4, 0.5) is 0 Å². The van der Waals surface area contributed by atoms with E-state index in [0.29, 0.717) is 34.7 Å². The van der Waals surface area contributed by atoms with Crippen LogP contribution in [0, 0.1) is 0 Å². The molecule has 6 heteroatoms. The molecule has 0 unspecified atom stereocenters. The molecule has 0 radical (unpaired) electrons. The van der Waals surface area contributed by atoms with Crippen LogP contribution in [0.5, 0.6) is 0 Å². The molecule has 2 aromatic rings. The maximum Gasteiger partial charge on any atom is 0.336 e. The number of Topliss-reactive ketones (excluding diaryl/α,β-unsaturated/α-hetero) is 1. The van der Waals surface area contributed by atoms with Gasteiger partial charge in [0.25, 0.3) is 0 Å². The minimum Gasteiger partial charge on any atom is -0.466 e. The van der Waals surface area contributed by atoms with Crippen molar-refractivity contribution in [2.75, 3.05) is 7.11 Å². The lowest BCUT2D eigenvalue weighted by Crippen LogP contribution is -2.36. The first-order valence-electron chi connectivity index (χ1n) is 9.73. The lowest BCUT2D eigenvalue weighted by atomic mass is 9.72. The van der Waals surface area contributed by atoms with Crippen LogP contribution in [-0.4, -0.2) is 18.9 Å². The number of ether oxygens (including phenoxy) is 1. The predicted octanol–water partition coefficient (Wildman–Crippen LogP) is 5.64. The number of methoxy groups -OCH3 is 1. The van der Waals surface area contributed by atoms with Crippen molar-refractivity contribution in [2.45, 2.75) is 31.6 Å². The number of hydrogen-bond acceptors (Lipinski definition) is 4. The average molecular weight is 487 g/mol. The van der Waals surface area contributed by atoms with Crippen molar-refractivity contribution in [3.63, 3.8) is 0 Å². The van der Waals surface area contributed by atoms with Gasteiger partial charge in [-0.25, -0.2) is 4.79 Å². The Morgan fingerprint density at radius 3 is 2.63 bits per heavy atom. The summed E-state index contributed by atoms with van der Waals surface area (Å²) in [6.45, 7) is 1.85. The molecule has 0 aromatic heterocycles. The fourth-order valence-corrected chi connectivity index (χ4v) is 5.17. The van der Waals surface area contributed by atoms with Crippen molar-refractivity contribution < 1.29 is 14.3 Å². The van der Waals surface area contributed by atoms with Gasteiger partial charge < -0.3 is 10.1 Å². The predicted molar refractivity (Wildman–Crippen MR) is 120 cm³/mol. The molecule has 2 aliphatic rings. The van der Waals surface area contributed by atoms with Gasteiger partial charge in [-0.15, -0.1) is 0 Å². The van der Waals surface area contributed by atoms with E-state index in [1.807, 2.05) is 55.5 Å². The lowest BCUT2D eigenvalue weighted by Gasteiger charge is -2.36. The van der Waals surface area contributed by atoms with Crippen LogP contribution in [0.1, 0.15) is 42.7 Å². The summed E-state index contributed by atoms with van der Waals surface area (Å²) in [5.74, 6) is -0.885. The second-order valence-electron chi connectivity index (χ2n) is 7.59. The highest BCUT2D eigenvalue weighted by atomic mass is 79.9. The Balaban J connectivity index is 1.83. The number of halogens is 2. The number of rotatable bonds is 3. The Labute approximate surface area is 189 Å². The summed E-state index contributed by atoms with van der Waals surface area (Å²) < 4.78 is 5.95. The summed E-state index contributed by atoms with van der Waals surface area (Å²) in [5.41, 5.74) is 4.52. The Morgan fingerprint density at radius 1 is 1.17 bits per heavy atom. The highest BCUT2D eigenvalue weighted by molar-refractivity contribution is 9.10. The van der Waals surface area contributed by atoms with Gasteiger partial charge in [-0.1, -0.05) is 57.9 Å². The second-order valence-corrected chi connectivity index (χ2v) is 8.91. The number of carbonyl (C=O) groups is 2. The van der Waals surface area contributed by atoms with E-state index in [9.17, 15) is 9.59 Å². The number of benzene rings is 2. The molecule has 1 N–H and O–H groups in total. The summed E-state index contributed by atoms with van der Waals surface area (Å²) in [6, 6.07) is 15.4. The Hall–Kier alpha value is -2.37. The molecule has 4 rings (SSSR count). The zero-order valence-electron chi connectivity index (χ0n) is 16.7. The van der Waals surface area contributed by atoms with Gasteiger partial charge in [0.05, 0.1) is 12.7 Å². The Bertz CT molecular complexity index is 1110. The topological polar surface area (TPSA) is 55.4 Å². The Morgan fingerprint density at radius 2 is 1.93 bits per heavy atom. The summed E-state index contributed by atoms with van der Waals surface area (Å²) in [4.78, 5) is 26.1. The molecular weight excluding hydrogens is 466 g/mol. The number of nitrogens with one attached hydrogen (secondary N) is 1. The minimum absolute atomic E-state index is 0.00640. The van der Waals surface area contributed by atoms with E-state index in [1.165, 1.54) is 7.11 Å². The van der Waals surface area contributed by atoms with E-state index in [4.69, 9.17) is 16.3 Å². The fraction of sp³-hybridized carbons (Fsp3) is 0.250. The number of carbonyl (C=O) groups excluding carboxylic acids is 2. The van der Waals surface area contributed by atoms with Gasteiger partial charge in [0.1, 0.15) is 0 Å². The molecular formula is C24H21BrClNO3. The molecule has 0 amide bonds. The summed E-state index contributed by atoms with van der Waals surface area (Å²) in [6.07, 6.45) is 1.00. The summed E-state index contributed by atoms with van der Waals surface area (Å²) >= 11 is 9.92. The zero-order valence-corrected chi connectivity index (χ0v) is 19.0. The molecule has 30 heavy (non-hydrogen) atoms. The SMILES string of the molecule is COC(=O)C1=C(C)NC2=C(C(=O)C[C@@H](c3ccccc3Cl)C2)[C@@H]1c1cccc(Br)c1. The van der Waals surface area contributed by atoms with Crippen LogP contribution in [0.15, 0.2) is 75.5 Å². The number of allylic oxidation sites excluding steroid dienone is 3. The number of ketones is 1. The van der Waals surface area contributed by atoms with Crippen LogP contribution in [0.2, 0.25) is 5.02 Å². The summed E-state index contributed by atoms with van der Waals surface area (Å²) in [7, 11) is 1.36. The highest BCUT2D eigenvalue weighted by Crippen LogP contribution is 2.46. The van der Waals surface area contributed by atoms with Crippen molar-refractivity contribution in [1.82, 2.24) is 5.32 Å². The normalized spacial score (nSPS) is 21.3. The van der Waals surface area contributed by atoms with Crippen LogP contribution in [-0.2, 0) is 14.3 Å². The third-order valence-corrected chi connectivity index (χ3v) is 6.60. The minimum atomic E-state index is -0.467. The first-order valence-corrected chi connectivity index (χ1v) is 10.9. The molecule has 4 nitrogen and oxygen atoms in total. The van der Waals surface area contributed by atoms with E-state index >= 15 is 0 Å². The van der Waals surface area contributed by atoms with Gasteiger partial charge in [0.2, 0.25) is 0 Å². The highest BCUT2D eigenvalue weighted by Gasteiger charge is 2.41. The zero-order chi connectivity index (χ0) is 21.4. The van der Waals surface area contributed by atoms with Crippen LogP contribution in [0.25, 0.3) is 0 Å². The van der Waals surface area contributed by atoms with Gasteiger partial charge in [0, 0.05) is 38.8 Å². The Kier molecular flexibility index (Phi) is 5.85. The van der Waals surface area contributed by atoms with E-state index in [1.54, 1.807) is 0 Å². The van der Waals surface area contributed by atoms with Crippen molar-refractivity contribution in [3.05, 3.63) is 91.7 Å². The van der Waals surface area contributed by atoms with E-state index in [-0.39, 0.29) is 11.7 Å². The lowest BCUT2D eigenvalue weighted by molar-refractivity contribution is -0.136. The van der Waals surface area contributed by atoms with Crippen LogP contribution in [0.3, 0.4) is 0 Å². The molecule has 0 spiro atoms. The van der Waals surface area contributed by atoms with Gasteiger partial charge in [-0.05, 0) is 48.6 Å². The third-order valence-electron chi connectivity index (χ3n) is 5.76. The number of dihydropyridines is 1. The molecule has 0 fully saturated rings. The number of esters is 1. The van der Waals surface area contributed by atoms with Crippen molar-refractivity contribution >= 4 is 39.3 Å². The molecule has 154 valence electrons. The summed E-state index contributed by atoms with van der Waals surface area (Å²) in [5, 5.41) is 4.00. The average Bonchev–Trinajstić information content (AvgIpc) is 2.72. The molecule has 1 heterocycles. The quantitative estimate of drug-likeness (QED) is 0.571. The first kappa shape index (κ1) is 20.9. The molecule has 2 aromatic carbocycles. The monoisotopic (exact) mass is 485 g/mol. The largest absolute Gasteiger partial charge is 0.466 e. The van der Waals surface area contributed by atoms with Gasteiger partial charge in [-0.3, -0.25) is 4.79 Å². The van der Waals surface area contributed by atoms with Crippen molar-refractivity contribution in [2.24, 2.45) is 0 Å². The van der Waals surface area contributed by atoms with Crippen molar-refractivity contribution in [1.29, 1.82) is 0 Å². The smallest absolute Gasteiger partial charge is 0.336 e. The van der Waals surface area contributed by atoms with E-state index in [0.717, 1.165) is 21.3 Å². The van der Waals surface area contributed by atoms with E-state index < -0.39 is 11.9 Å². The van der Waals surface area contributed by atoms with Crippen LogP contribution >= 0.6 is 27.5 Å². The van der Waals surface area contributed by atoms with Gasteiger partial charge >= 0.3 is 5.97 Å². The molecule has 2 atom stereocenters. The molecule has 0 bridgehead atoms. The maximum absolute atomic E-state index is 13.4. The standard InChI is InChI=1S/C24H21BrClNO3/c1-13-21(24(29)30-2)22(14-6-5-7-16(25)10-14)23-19(27-13)11-15(12-20(23)28)17-8-3-4-9-18(17)26/h3-10,15,22,27H,11-12H2,1-2H3/t15-,22+/m0/s1. The molecule has 0 saturated carbocycles. The second kappa shape index (κ2) is 8.40. The molecule has 1 aliphatic heterocycles. The molecule has 0 saturated heterocycles.